The fourth-order valence-electron chi connectivity index (χ4n) is 3.32. The molecule has 1 atom stereocenters. The van der Waals surface area contributed by atoms with Gasteiger partial charge in [-0.1, -0.05) is 11.8 Å². The van der Waals surface area contributed by atoms with Crippen LogP contribution >= 0.6 is 23.3 Å². The third-order valence-electron chi connectivity index (χ3n) is 4.80. The van der Waals surface area contributed by atoms with Crippen LogP contribution in [0.5, 0.6) is 0 Å². The average molecular weight is 403 g/mol. The number of hydrogen-bond donors (Lipinski definition) is 0. The van der Waals surface area contributed by atoms with Gasteiger partial charge >= 0.3 is 0 Å². The van der Waals surface area contributed by atoms with Gasteiger partial charge in [0.2, 0.25) is 5.91 Å². The minimum atomic E-state index is -0.283. The number of piperidine rings is 1. The van der Waals surface area contributed by atoms with Crippen molar-refractivity contribution in [2.24, 2.45) is 0 Å². The Hall–Kier alpha value is -2.06. The Bertz CT molecular complexity index is 960. The molecule has 0 spiro atoms. The monoisotopic (exact) mass is 402 g/mol. The predicted octanol–water partition coefficient (Wildman–Crippen LogP) is 4.39. The molecule has 0 aliphatic carbocycles. The maximum atomic E-state index is 13.2. The first kappa shape index (κ1) is 18.3. The molecule has 1 aliphatic heterocycles. The Morgan fingerprint density at radius 2 is 2.11 bits per heavy atom. The van der Waals surface area contributed by atoms with Gasteiger partial charge in [-0.15, -0.1) is 0 Å². The van der Waals surface area contributed by atoms with Gasteiger partial charge in [0.15, 0.2) is 0 Å². The largest absolute Gasteiger partial charge is 0.339 e. The summed E-state index contributed by atoms with van der Waals surface area (Å²) in [6.07, 6.45) is 4.84. The Balaban J connectivity index is 1.54. The summed E-state index contributed by atoms with van der Waals surface area (Å²) in [7, 11) is 0. The smallest absolute Gasteiger partial charge is 0.233 e. The van der Waals surface area contributed by atoms with E-state index in [2.05, 4.69) is 21.3 Å². The van der Waals surface area contributed by atoms with Gasteiger partial charge in [0.1, 0.15) is 33.1 Å². The maximum Gasteiger partial charge on any atom is 0.233 e. The van der Waals surface area contributed by atoms with Crippen LogP contribution in [0.4, 0.5) is 4.39 Å². The van der Waals surface area contributed by atoms with Gasteiger partial charge in [-0.25, -0.2) is 14.4 Å². The fraction of sp³-hybridized carbons (Fsp3) is 0.368. The summed E-state index contributed by atoms with van der Waals surface area (Å²) >= 11 is 2.75. The molecule has 1 aliphatic rings. The fourth-order valence-corrected chi connectivity index (χ4v) is 5.13. The van der Waals surface area contributed by atoms with Crippen LogP contribution < -0.4 is 0 Å². The predicted molar refractivity (Wildman–Crippen MR) is 106 cm³/mol. The number of carbonyl (C=O) groups excluding carboxylic acids is 1. The number of carbonyl (C=O) groups is 1. The van der Waals surface area contributed by atoms with E-state index in [1.807, 2.05) is 4.90 Å². The number of nitrogens with zero attached hydrogens (tertiary/aromatic N) is 4. The second kappa shape index (κ2) is 7.90. The van der Waals surface area contributed by atoms with Gasteiger partial charge in [0.05, 0.1) is 5.75 Å². The number of amides is 1. The number of halogens is 1. The lowest BCUT2D eigenvalue weighted by molar-refractivity contribution is -0.131. The zero-order valence-electron chi connectivity index (χ0n) is 14.9. The molecule has 0 bridgehead atoms. The van der Waals surface area contributed by atoms with Crippen LogP contribution in [0.25, 0.3) is 21.5 Å². The lowest BCUT2D eigenvalue weighted by Gasteiger charge is -2.33. The van der Waals surface area contributed by atoms with Crippen molar-refractivity contribution in [3.63, 3.8) is 0 Å². The lowest BCUT2D eigenvalue weighted by atomic mass is 10.0. The summed E-state index contributed by atoms with van der Waals surface area (Å²) in [5.41, 5.74) is 2.27. The van der Waals surface area contributed by atoms with Crippen molar-refractivity contribution in [3.8, 4) is 11.3 Å². The number of fused-ring (bicyclic) bond motifs is 1. The number of thioether (sulfide) groups is 1. The normalized spacial score (nSPS) is 17.4. The molecule has 0 saturated carbocycles. The van der Waals surface area contributed by atoms with E-state index in [-0.39, 0.29) is 11.7 Å². The standard InChI is InChI=1S/C19H19FN4OS2/c1-12-4-2-3-9-24(12)15(25)10-26-19-18-17(21-11-22-19)16(23-27-18)13-5-7-14(20)8-6-13/h5-8,11-12H,2-4,9-10H2,1H3. The molecule has 1 unspecified atom stereocenters. The first-order valence-corrected chi connectivity index (χ1v) is 10.7. The second-order valence-electron chi connectivity index (χ2n) is 6.62. The van der Waals surface area contributed by atoms with Crippen LogP contribution in [0.15, 0.2) is 35.6 Å². The summed E-state index contributed by atoms with van der Waals surface area (Å²) in [5.74, 6) is 0.233. The van der Waals surface area contributed by atoms with Crippen LogP contribution in [-0.2, 0) is 4.79 Å². The van der Waals surface area contributed by atoms with Crippen LogP contribution in [-0.4, -0.2) is 43.5 Å². The molecule has 0 radical (unpaired) electrons. The molecule has 8 heteroatoms. The molecule has 4 rings (SSSR count). The third kappa shape index (κ3) is 3.82. The number of rotatable bonds is 4. The molecule has 140 valence electrons. The van der Waals surface area contributed by atoms with Gasteiger partial charge < -0.3 is 4.90 Å². The molecule has 1 fully saturated rings. The molecule has 5 nitrogen and oxygen atoms in total. The first-order chi connectivity index (χ1) is 13.1. The van der Waals surface area contributed by atoms with Gasteiger partial charge in [0.25, 0.3) is 0 Å². The Morgan fingerprint density at radius 3 is 2.89 bits per heavy atom. The van der Waals surface area contributed by atoms with Crippen molar-refractivity contribution in [1.29, 1.82) is 0 Å². The quantitative estimate of drug-likeness (QED) is 0.479. The molecule has 3 aromatic rings. The van der Waals surface area contributed by atoms with E-state index in [1.165, 1.54) is 48.2 Å². The minimum absolute atomic E-state index is 0.155. The van der Waals surface area contributed by atoms with E-state index in [1.54, 1.807) is 12.1 Å². The van der Waals surface area contributed by atoms with Gasteiger partial charge in [0, 0.05) is 18.2 Å². The molecule has 1 saturated heterocycles. The van der Waals surface area contributed by atoms with Crippen molar-refractivity contribution in [3.05, 3.63) is 36.4 Å². The zero-order valence-corrected chi connectivity index (χ0v) is 16.5. The summed E-state index contributed by atoms with van der Waals surface area (Å²) < 4.78 is 18.5. The minimum Gasteiger partial charge on any atom is -0.339 e. The van der Waals surface area contributed by atoms with Crippen LogP contribution in [0.2, 0.25) is 0 Å². The van der Waals surface area contributed by atoms with Crippen molar-refractivity contribution in [1.82, 2.24) is 19.2 Å². The van der Waals surface area contributed by atoms with Crippen molar-refractivity contribution in [2.45, 2.75) is 37.3 Å². The zero-order chi connectivity index (χ0) is 18.8. The molecular weight excluding hydrogens is 383 g/mol. The van der Waals surface area contributed by atoms with E-state index in [0.29, 0.717) is 11.8 Å². The highest BCUT2D eigenvalue weighted by Gasteiger charge is 2.23. The summed E-state index contributed by atoms with van der Waals surface area (Å²) in [6.45, 7) is 2.96. The molecule has 1 aromatic carbocycles. The van der Waals surface area contributed by atoms with Gasteiger partial charge in [-0.3, -0.25) is 4.79 Å². The van der Waals surface area contributed by atoms with Crippen LogP contribution in [0.1, 0.15) is 26.2 Å². The third-order valence-corrected chi connectivity index (χ3v) is 6.74. The number of benzene rings is 1. The molecule has 0 N–H and O–H groups in total. The topological polar surface area (TPSA) is 59.0 Å². The summed E-state index contributed by atoms with van der Waals surface area (Å²) in [4.78, 5) is 23.3. The highest BCUT2D eigenvalue weighted by molar-refractivity contribution is 8.00. The Kier molecular flexibility index (Phi) is 5.36. The highest BCUT2D eigenvalue weighted by atomic mass is 32.2. The number of hydrogen-bond acceptors (Lipinski definition) is 6. The highest BCUT2D eigenvalue weighted by Crippen LogP contribution is 2.34. The molecule has 2 aromatic heterocycles. The molecule has 1 amide bonds. The van der Waals surface area contributed by atoms with E-state index >= 15 is 0 Å². The molecule has 27 heavy (non-hydrogen) atoms. The molecule has 3 heterocycles. The van der Waals surface area contributed by atoms with Crippen molar-refractivity contribution < 1.29 is 9.18 Å². The van der Waals surface area contributed by atoms with E-state index in [0.717, 1.165) is 45.9 Å². The second-order valence-corrected chi connectivity index (χ2v) is 8.35. The Labute approximate surface area is 165 Å². The van der Waals surface area contributed by atoms with Gasteiger partial charge in [-0.2, -0.15) is 4.37 Å². The maximum absolute atomic E-state index is 13.2. The summed E-state index contributed by atoms with van der Waals surface area (Å²) in [6, 6.07) is 6.52. The van der Waals surface area contributed by atoms with E-state index < -0.39 is 0 Å². The van der Waals surface area contributed by atoms with Gasteiger partial charge in [-0.05, 0) is 62.0 Å². The lowest BCUT2D eigenvalue weighted by Crippen LogP contribution is -2.42. The number of likely N-dealkylation sites (tertiary alicyclic amines) is 1. The average Bonchev–Trinajstić information content (AvgIpc) is 3.12. The van der Waals surface area contributed by atoms with E-state index in [4.69, 9.17) is 0 Å². The SMILES string of the molecule is CC1CCCCN1C(=O)CSc1ncnc2c(-c3ccc(F)cc3)nsc12. The van der Waals surface area contributed by atoms with Crippen LogP contribution in [0.3, 0.4) is 0 Å². The summed E-state index contributed by atoms with van der Waals surface area (Å²) in [5, 5.41) is 0.767. The number of aromatic nitrogens is 3. The van der Waals surface area contributed by atoms with Crippen molar-refractivity contribution >= 4 is 39.4 Å². The molecular formula is C19H19FN4OS2. The van der Waals surface area contributed by atoms with Crippen LogP contribution in [0, 0.1) is 5.82 Å². The Morgan fingerprint density at radius 1 is 1.30 bits per heavy atom. The van der Waals surface area contributed by atoms with E-state index in [9.17, 15) is 9.18 Å². The van der Waals surface area contributed by atoms with Crippen molar-refractivity contribution in [2.75, 3.05) is 12.3 Å². The first-order valence-electron chi connectivity index (χ1n) is 8.92.